The van der Waals surface area contributed by atoms with Crippen LogP contribution in [0.15, 0.2) is 72.8 Å². The summed E-state index contributed by atoms with van der Waals surface area (Å²) in [6.07, 6.45) is 0. The van der Waals surface area contributed by atoms with Crippen LogP contribution >= 0.6 is 34.8 Å². The smallest absolute Gasteiger partial charge is 0.271 e. The lowest BCUT2D eigenvalue weighted by Gasteiger charge is -2.54. The van der Waals surface area contributed by atoms with E-state index in [0.717, 1.165) is 4.90 Å². The van der Waals surface area contributed by atoms with Gasteiger partial charge in [-0.3, -0.25) is 34.9 Å². The fraction of sp³-hybridized carbons (Fsp3) is 0.185. The number of amides is 4. The summed E-state index contributed by atoms with van der Waals surface area (Å²) in [4.78, 5) is 50.8. The fourth-order valence-corrected chi connectivity index (χ4v) is 7.22. The quantitative estimate of drug-likeness (QED) is 0.293. The van der Waals surface area contributed by atoms with Gasteiger partial charge in [0.25, 0.3) is 11.8 Å². The van der Waals surface area contributed by atoms with E-state index in [9.17, 15) is 19.2 Å². The van der Waals surface area contributed by atoms with Crippen molar-refractivity contribution in [3.8, 4) is 0 Å². The monoisotopic (exact) mass is 553 g/mol. The first-order valence-corrected chi connectivity index (χ1v) is 12.6. The van der Waals surface area contributed by atoms with Gasteiger partial charge in [-0.1, -0.05) is 72.3 Å². The minimum absolute atomic E-state index is 0.157. The summed E-state index contributed by atoms with van der Waals surface area (Å²) in [5.41, 5.74) is 7.34. The van der Waals surface area contributed by atoms with Crippen LogP contribution in [0.4, 0.5) is 0 Å². The van der Waals surface area contributed by atoms with Crippen LogP contribution in [0.5, 0.6) is 0 Å². The zero-order valence-corrected chi connectivity index (χ0v) is 21.3. The van der Waals surface area contributed by atoms with E-state index in [1.54, 1.807) is 12.1 Å². The Labute approximate surface area is 226 Å². The number of nitrogens with one attached hydrogen (secondary N) is 2. The maximum absolute atomic E-state index is 13.7. The molecule has 1 saturated heterocycles. The highest BCUT2D eigenvalue weighted by Crippen LogP contribution is 2.69. The van der Waals surface area contributed by atoms with Crippen molar-refractivity contribution in [2.24, 2.45) is 11.8 Å². The van der Waals surface area contributed by atoms with Gasteiger partial charge in [0.05, 0.1) is 22.4 Å². The van der Waals surface area contributed by atoms with E-state index >= 15 is 0 Å². The molecule has 37 heavy (non-hydrogen) atoms. The van der Waals surface area contributed by atoms with Crippen LogP contribution < -0.4 is 10.9 Å². The lowest BCUT2D eigenvalue weighted by Crippen LogP contribution is -2.57. The number of hydrogen-bond donors (Lipinski definition) is 2. The first-order valence-electron chi connectivity index (χ1n) is 11.5. The number of halogens is 3. The van der Waals surface area contributed by atoms with Crippen LogP contribution in [0.25, 0.3) is 0 Å². The molecule has 4 amide bonds. The Kier molecular flexibility index (Phi) is 5.39. The summed E-state index contributed by atoms with van der Waals surface area (Å²) in [7, 11) is 0. The predicted octanol–water partition coefficient (Wildman–Crippen LogP) is 3.69. The first-order chi connectivity index (χ1) is 17.7. The lowest BCUT2D eigenvalue weighted by molar-refractivity contribution is -0.143. The largest absolute Gasteiger partial charge is 0.274 e. The average molecular weight is 555 g/mol. The summed E-state index contributed by atoms with van der Waals surface area (Å²) < 4.78 is 0. The number of carbonyl (C=O) groups is 4. The van der Waals surface area contributed by atoms with Crippen molar-refractivity contribution in [2.45, 2.75) is 9.75 Å². The van der Waals surface area contributed by atoms with Crippen molar-refractivity contribution in [1.29, 1.82) is 0 Å². The highest BCUT2D eigenvalue weighted by atomic mass is 35.5. The van der Waals surface area contributed by atoms with Crippen molar-refractivity contribution in [3.05, 3.63) is 106 Å². The van der Waals surface area contributed by atoms with E-state index in [0.29, 0.717) is 22.3 Å². The minimum Gasteiger partial charge on any atom is -0.274 e. The highest BCUT2D eigenvalue weighted by Gasteiger charge is 2.73. The van der Waals surface area contributed by atoms with Gasteiger partial charge in [-0.25, -0.2) is 0 Å². The SMILES string of the molecule is O=C(CN1C(=O)[C@@H]2[C@H](C1=O)C1(Cl)c3ccccc3C2(Cl)c2ccccc21)NNC(=O)c1ccccc1Cl. The second-order valence-electron chi connectivity index (χ2n) is 9.21. The molecule has 0 spiro atoms. The van der Waals surface area contributed by atoms with Gasteiger partial charge in [-0.15, -0.1) is 23.2 Å². The Morgan fingerprint density at radius 2 is 1.16 bits per heavy atom. The van der Waals surface area contributed by atoms with Gasteiger partial charge in [0.2, 0.25) is 11.8 Å². The van der Waals surface area contributed by atoms with Crippen molar-refractivity contribution in [3.63, 3.8) is 0 Å². The molecule has 2 N–H and O–H groups in total. The van der Waals surface area contributed by atoms with Gasteiger partial charge in [0, 0.05) is 0 Å². The molecule has 1 fully saturated rings. The third kappa shape index (κ3) is 3.14. The number of hydrogen-bond acceptors (Lipinski definition) is 4. The molecule has 186 valence electrons. The van der Waals surface area contributed by atoms with Crippen LogP contribution in [0.3, 0.4) is 0 Å². The molecular weight excluding hydrogens is 537 g/mol. The standard InChI is InChI=1S/C27H18Cl3N3O4/c28-19-12-6-1-7-14(19)23(35)32-31-20(34)13-33-24(36)21-22(25(33)37)27(30)16-9-3-2-8-15(16)26(21,29)17-10-4-5-11-18(17)27/h1-12,21-22H,13H2,(H,31,34)(H,32,35)/t21-,22+,26?,27?. The Balaban J connectivity index is 1.31. The zero-order chi connectivity index (χ0) is 26.1. The van der Waals surface area contributed by atoms with Gasteiger partial charge >= 0.3 is 0 Å². The van der Waals surface area contributed by atoms with Gasteiger partial charge in [-0.2, -0.15) is 0 Å². The number of likely N-dealkylation sites (tertiary alicyclic amines) is 1. The predicted molar refractivity (Wildman–Crippen MR) is 137 cm³/mol. The normalized spacial score (nSPS) is 26.8. The molecule has 1 heterocycles. The Morgan fingerprint density at radius 1 is 0.730 bits per heavy atom. The molecule has 0 unspecified atom stereocenters. The summed E-state index contributed by atoms with van der Waals surface area (Å²) in [6, 6.07) is 20.9. The summed E-state index contributed by atoms with van der Waals surface area (Å²) in [5.74, 6) is -4.60. The van der Waals surface area contributed by atoms with Crippen molar-refractivity contribution >= 4 is 58.4 Å². The number of alkyl halides is 2. The number of benzene rings is 3. The Bertz CT molecular complexity index is 1400. The van der Waals surface area contributed by atoms with Crippen LogP contribution in [0.1, 0.15) is 32.6 Å². The summed E-state index contributed by atoms with van der Waals surface area (Å²) >= 11 is 20.7. The second kappa shape index (κ2) is 8.31. The molecule has 1 aliphatic heterocycles. The molecule has 3 aromatic rings. The van der Waals surface area contributed by atoms with E-state index in [2.05, 4.69) is 10.9 Å². The van der Waals surface area contributed by atoms with Gasteiger partial charge in [0.1, 0.15) is 16.3 Å². The topological polar surface area (TPSA) is 95.6 Å². The zero-order valence-electron chi connectivity index (χ0n) is 19.0. The van der Waals surface area contributed by atoms with Crippen molar-refractivity contribution in [1.82, 2.24) is 15.8 Å². The van der Waals surface area contributed by atoms with E-state index in [1.807, 2.05) is 48.5 Å². The molecule has 0 aromatic heterocycles. The number of carbonyl (C=O) groups excluding carboxylic acids is 4. The molecule has 2 atom stereocenters. The van der Waals surface area contributed by atoms with Gasteiger partial charge in [0.15, 0.2) is 0 Å². The van der Waals surface area contributed by atoms with Crippen LogP contribution in [0.2, 0.25) is 5.02 Å². The second-order valence-corrected chi connectivity index (χ2v) is 10.8. The Hall–Kier alpha value is -3.39. The molecule has 2 bridgehead atoms. The Morgan fingerprint density at radius 3 is 1.62 bits per heavy atom. The van der Waals surface area contributed by atoms with Crippen LogP contribution in [0, 0.1) is 11.8 Å². The lowest BCUT2D eigenvalue weighted by atomic mass is 9.54. The minimum atomic E-state index is -1.33. The molecule has 3 aromatic carbocycles. The number of hydrazine groups is 1. The molecule has 4 aliphatic rings. The van der Waals surface area contributed by atoms with E-state index in [-0.39, 0.29) is 10.6 Å². The fourth-order valence-electron chi connectivity index (χ4n) is 5.90. The van der Waals surface area contributed by atoms with Gasteiger partial charge < -0.3 is 0 Å². The average Bonchev–Trinajstić information content (AvgIpc) is 3.16. The maximum Gasteiger partial charge on any atom is 0.271 e. The summed E-state index contributed by atoms with van der Waals surface area (Å²) in [5, 5.41) is 0.206. The van der Waals surface area contributed by atoms with Crippen LogP contribution in [-0.4, -0.2) is 35.1 Å². The number of nitrogens with zero attached hydrogens (tertiary/aromatic N) is 1. The highest BCUT2D eigenvalue weighted by molar-refractivity contribution is 6.36. The molecule has 0 radical (unpaired) electrons. The third-order valence-electron chi connectivity index (χ3n) is 7.41. The first kappa shape index (κ1) is 24.0. The molecule has 10 heteroatoms. The summed E-state index contributed by atoms with van der Waals surface area (Å²) in [6.45, 7) is -0.611. The maximum atomic E-state index is 13.7. The molecule has 0 saturated carbocycles. The molecule has 3 aliphatic carbocycles. The third-order valence-corrected chi connectivity index (χ3v) is 9.03. The van der Waals surface area contributed by atoms with Crippen molar-refractivity contribution in [2.75, 3.05) is 6.54 Å². The van der Waals surface area contributed by atoms with E-state index in [4.69, 9.17) is 34.8 Å². The molecule has 7 nitrogen and oxygen atoms in total. The number of rotatable bonds is 3. The molecular formula is C27H18Cl3N3O4. The van der Waals surface area contributed by atoms with Crippen molar-refractivity contribution < 1.29 is 19.2 Å². The number of imide groups is 1. The van der Waals surface area contributed by atoms with E-state index < -0.39 is 51.8 Å². The molecule has 7 rings (SSSR count). The van der Waals surface area contributed by atoms with E-state index in [1.165, 1.54) is 12.1 Å². The van der Waals surface area contributed by atoms with Gasteiger partial charge in [-0.05, 0) is 34.4 Å². The van der Waals surface area contributed by atoms with Crippen LogP contribution in [-0.2, 0) is 24.1 Å².